The van der Waals surface area contributed by atoms with Gasteiger partial charge in [-0.25, -0.2) is 0 Å². The largest absolute Gasteiger partial charge is 0.463 e. The Morgan fingerprint density at radius 2 is 1.48 bits per heavy atom. The lowest BCUT2D eigenvalue weighted by atomic mass is 9.96. The van der Waals surface area contributed by atoms with Gasteiger partial charge >= 0.3 is 5.97 Å². The third-order valence-corrected chi connectivity index (χ3v) is 4.89. The molecular formula is C20H17NO4. The lowest BCUT2D eigenvalue weighted by molar-refractivity contribution is -0.147. The maximum Gasteiger partial charge on any atom is 0.316 e. The van der Waals surface area contributed by atoms with Crippen LogP contribution in [0.4, 0.5) is 0 Å². The fourth-order valence-corrected chi connectivity index (χ4v) is 3.30. The normalized spacial score (nSPS) is 17.4. The fourth-order valence-electron chi connectivity index (χ4n) is 3.30. The van der Waals surface area contributed by atoms with Gasteiger partial charge in [-0.15, -0.1) is 0 Å². The molecule has 1 aliphatic heterocycles. The van der Waals surface area contributed by atoms with Crippen LogP contribution in [0.15, 0.2) is 54.6 Å². The minimum absolute atomic E-state index is 0.0128. The summed E-state index contributed by atoms with van der Waals surface area (Å²) in [7, 11) is 0. The van der Waals surface area contributed by atoms with E-state index in [4.69, 9.17) is 4.74 Å². The number of fused-ring (bicyclic) bond motifs is 1. The first-order valence-electron chi connectivity index (χ1n) is 8.31. The van der Waals surface area contributed by atoms with Crippen molar-refractivity contribution in [3.05, 3.63) is 71.3 Å². The van der Waals surface area contributed by atoms with Gasteiger partial charge in [0.2, 0.25) is 0 Å². The Kier molecular flexibility index (Phi) is 3.64. The fraction of sp³-hybridized carbons (Fsp3) is 0.250. The second-order valence-electron chi connectivity index (χ2n) is 6.39. The Morgan fingerprint density at radius 3 is 2.04 bits per heavy atom. The van der Waals surface area contributed by atoms with Crippen molar-refractivity contribution in [1.29, 1.82) is 0 Å². The average molecular weight is 335 g/mol. The van der Waals surface area contributed by atoms with Crippen molar-refractivity contribution >= 4 is 17.8 Å². The van der Waals surface area contributed by atoms with Crippen molar-refractivity contribution in [1.82, 2.24) is 4.90 Å². The zero-order chi connectivity index (χ0) is 17.4. The van der Waals surface area contributed by atoms with Gasteiger partial charge in [-0.2, -0.15) is 0 Å². The van der Waals surface area contributed by atoms with Crippen LogP contribution in [0.3, 0.4) is 0 Å². The van der Waals surface area contributed by atoms with E-state index in [0.29, 0.717) is 11.1 Å². The molecule has 0 N–H and O–H groups in total. The number of nitrogens with zero attached hydrogens (tertiary/aromatic N) is 1. The molecule has 0 spiro atoms. The van der Waals surface area contributed by atoms with E-state index < -0.39 is 5.41 Å². The van der Waals surface area contributed by atoms with E-state index in [2.05, 4.69) is 0 Å². The summed E-state index contributed by atoms with van der Waals surface area (Å²) in [4.78, 5) is 38.2. The molecule has 5 heteroatoms. The molecule has 2 amide bonds. The number of hydrogen-bond acceptors (Lipinski definition) is 4. The number of amides is 2. The van der Waals surface area contributed by atoms with Crippen LogP contribution in [0, 0.1) is 0 Å². The molecule has 0 radical (unpaired) electrons. The second-order valence-corrected chi connectivity index (χ2v) is 6.39. The molecule has 5 nitrogen and oxygen atoms in total. The third-order valence-electron chi connectivity index (χ3n) is 4.89. The number of ether oxygens (including phenoxy) is 1. The van der Waals surface area contributed by atoms with Crippen LogP contribution < -0.4 is 0 Å². The molecule has 1 heterocycles. The molecule has 1 saturated carbocycles. The van der Waals surface area contributed by atoms with Crippen LogP contribution in [-0.2, 0) is 14.9 Å². The zero-order valence-electron chi connectivity index (χ0n) is 13.6. The summed E-state index contributed by atoms with van der Waals surface area (Å²) in [6.07, 6.45) is 1.53. The maximum atomic E-state index is 12.5. The summed E-state index contributed by atoms with van der Waals surface area (Å²) in [5.41, 5.74) is 1.22. The van der Waals surface area contributed by atoms with E-state index >= 15 is 0 Å². The highest BCUT2D eigenvalue weighted by Gasteiger charge is 2.52. The molecular weight excluding hydrogens is 318 g/mol. The SMILES string of the molecule is O=C1c2ccccc2C(=O)N1CCOC(=O)C1(c2ccccc2)CC1. The van der Waals surface area contributed by atoms with Gasteiger partial charge in [0.05, 0.1) is 23.1 Å². The summed E-state index contributed by atoms with van der Waals surface area (Å²) in [6, 6.07) is 16.3. The number of carbonyl (C=O) groups is 3. The predicted octanol–water partition coefficient (Wildman–Crippen LogP) is 2.56. The topological polar surface area (TPSA) is 63.7 Å². The number of rotatable bonds is 5. The molecule has 0 aromatic heterocycles. The van der Waals surface area contributed by atoms with Gasteiger partial charge in [0, 0.05) is 0 Å². The monoisotopic (exact) mass is 335 g/mol. The first-order valence-corrected chi connectivity index (χ1v) is 8.31. The molecule has 0 unspecified atom stereocenters. The standard InChI is InChI=1S/C20H17NO4/c22-17-15-8-4-5-9-16(15)18(23)21(17)12-13-25-19(24)20(10-11-20)14-6-2-1-3-7-14/h1-9H,10-13H2. The molecule has 4 rings (SSSR count). The molecule has 126 valence electrons. The Morgan fingerprint density at radius 1 is 0.920 bits per heavy atom. The van der Waals surface area contributed by atoms with Gasteiger partial charge < -0.3 is 4.74 Å². The Labute approximate surface area is 145 Å². The highest BCUT2D eigenvalue weighted by Crippen LogP contribution is 2.49. The quantitative estimate of drug-likeness (QED) is 0.622. The highest BCUT2D eigenvalue weighted by atomic mass is 16.5. The molecule has 0 saturated heterocycles. The summed E-state index contributed by atoms with van der Waals surface area (Å²) < 4.78 is 5.40. The summed E-state index contributed by atoms with van der Waals surface area (Å²) in [5, 5.41) is 0. The van der Waals surface area contributed by atoms with Crippen molar-refractivity contribution in [2.45, 2.75) is 18.3 Å². The lowest BCUT2D eigenvalue weighted by Crippen LogP contribution is -2.34. The van der Waals surface area contributed by atoms with Crippen molar-refractivity contribution in [3.63, 3.8) is 0 Å². The minimum atomic E-state index is -0.552. The minimum Gasteiger partial charge on any atom is -0.463 e. The Hall–Kier alpha value is -2.95. The van der Waals surface area contributed by atoms with Crippen LogP contribution in [0.2, 0.25) is 0 Å². The van der Waals surface area contributed by atoms with Crippen LogP contribution in [-0.4, -0.2) is 35.8 Å². The van der Waals surface area contributed by atoms with Crippen LogP contribution in [0.25, 0.3) is 0 Å². The van der Waals surface area contributed by atoms with E-state index in [0.717, 1.165) is 23.3 Å². The van der Waals surface area contributed by atoms with Crippen LogP contribution >= 0.6 is 0 Å². The molecule has 2 aliphatic rings. The Balaban J connectivity index is 1.38. The van der Waals surface area contributed by atoms with Crippen molar-refractivity contribution in [2.75, 3.05) is 13.2 Å². The number of carbonyl (C=O) groups excluding carboxylic acids is 3. The van der Waals surface area contributed by atoms with Gasteiger partial charge in [0.1, 0.15) is 6.61 Å². The number of hydrogen-bond donors (Lipinski definition) is 0. The van der Waals surface area contributed by atoms with Crippen molar-refractivity contribution in [2.24, 2.45) is 0 Å². The molecule has 25 heavy (non-hydrogen) atoms. The van der Waals surface area contributed by atoms with Gasteiger partial charge in [0.15, 0.2) is 0 Å². The summed E-state index contributed by atoms with van der Waals surface area (Å²) in [5.74, 6) is -0.947. The first kappa shape index (κ1) is 15.6. The maximum absolute atomic E-state index is 12.5. The number of esters is 1. The summed E-state index contributed by atoms with van der Waals surface area (Å²) >= 11 is 0. The van der Waals surface area contributed by atoms with E-state index in [1.54, 1.807) is 24.3 Å². The Bertz CT molecular complexity index is 820. The highest BCUT2D eigenvalue weighted by molar-refractivity contribution is 6.21. The van der Waals surface area contributed by atoms with Gasteiger partial charge in [-0.3, -0.25) is 19.3 Å². The third kappa shape index (κ3) is 2.52. The number of benzene rings is 2. The van der Waals surface area contributed by atoms with E-state index in [1.807, 2.05) is 30.3 Å². The molecule has 1 aliphatic carbocycles. The van der Waals surface area contributed by atoms with Crippen LogP contribution in [0.1, 0.15) is 39.1 Å². The molecule has 0 bridgehead atoms. The van der Waals surface area contributed by atoms with E-state index in [9.17, 15) is 14.4 Å². The predicted molar refractivity (Wildman–Crippen MR) is 90.1 cm³/mol. The van der Waals surface area contributed by atoms with Crippen LogP contribution in [0.5, 0.6) is 0 Å². The first-order chi connectivity index (χ1) is 12.1. The smallest absolute Gasteiger partial charge is 0.316 e. The molecule has 2 aromatic rings. The van der Waals surface area contributed by atoms with Crippen molar-refractivity contribution < 1.29 is 19.1 Å². The molecule has 2 aromatic carbocycles. The van der Waals surface area contributed by atoms with Gasteiger partial charge in [-0.1, -0.05) is 42.5 Å². The zero-order valence-corrected chi connectivity index (χ0v) is 13.6. The second kappa shape index (κ2) is 5.84. The van der Waals surface area contributed by atoms with E-state index in [-0.39, 0.29) is 30.9 Å². The molecule has 1 fully saturated rings. The van der Waals surface area contributed by atoms with Gasteiger partial charge in [0.25, 0.3) is 11.8 Å². The molecule has 0 atom stereocenters. The summed E-state index contributed by atoms with van der Waals surface area (Å²) in [6.45, 7) is 0.0852. The number of imide groups is 1. The van der Waals surface area contributed by atoms with Gasteiger partial charge in [-0.05, 0) is 30.5 Å². The van der Waals surface area contributed by atoms with E-state index in [1.165, 1.54) is 0 Å². The average Bonchev–Trinajstić information content (AvgIpc) is 3.43. The van der Waals surface area contributed by atoms with Crippen molar-refractivity contribution in [3.8, 4) is 0 Å². The lowest BCUT2D eigenvalue weighted by Gasteiger charge is -2.17.